The van der Waals surface area contributed by atoms with Crippen molar-refractivity contribution in [1.82, 2.24) is 15.5 Å². The Morgan fingerprint density at radius 2 is 1.75 bits per heavy atom. The highest BCUT2D eigenvalue weighted by atomic mass is 16.5. The number of amides is 4. The van der Waals surface area contributed by atoms with Crippen molar-refractivity contribution in [3.05, 3.63) is 76.9 Å². The summed E-state index contributed by atoms with van der Waals surface area (Å²) in [4.78, 5) is 40.0. The summed E-state index contributed by atoms with van der Waals surface area (Å²) in [5, 5.41) is 7.63. The number of urea groups is 1. The quantitative estimate of drug-likeness (QED) is 0.508. The van der Waals surface area contributed by atoms with Crippen molar-refractivity contribution >= 4 is 28.6 Å². The smallest absolute Gasteiger partial charge is 0.325 e. The molecule has 1 fully saturated rings. The van der Waals surface area contributed by atoms with E-state index in [9.17, 15) is 14.4 Å². The Morgan fingerprint density at radius 3 is 2.53 bits per heavy atom. The number of nitrogens with one attached hydrogen (secondary N) is 2. The summed E-state index contributed by atoms with van der Waals surface area (Å²) in [6.07, 6.45) is 4.57. The number of rotatable bonds is 6. The van der Waals surface area contributed by atoms with Gasteiger partial charge in [-0.15, -0.1) is 0 Å². The van der Waals surface area contributed by atoms with Crippen LogP contribution in [0.5, 0.6) is 5.75 Å². The molecule has 0 spiro atoms. The molecule has 2 atom stereocenters. The van der Waals surface area contributed by atoms with Crippen LogP contribution in [-0.2, 0) is 28.0 Å². The molecule has 1 aliphatic carbocycles. The SMILES string of the molecule is COc1ccc2cc([C@]3(C)NC(=O)N(CC(=O)N[C@H](C)c4ccc5c(c4)CCCC5)C3=O)ccc2c1. The maximum absolute atomic E-state index is 13.4. The number of nitrogens with zero attached hydrogens (tertiary/aromatic N) is 1. The van der Waals surface area contributed by atoms with E-state index in [1.807, 2.05) is 43.3 Å². The maximum Gasteiger partial charge on any atom is 0.325 e. The molecule has 0 unspecified atom stereocenters. The summed E-state index contributed by atoms with van der Waals surface area (Å²) >= 11 is 0. The van der Waals surface area contributed by atoms with Crippen molar-refractivity contribution in [2.24, 2.45) is 0 Å². The van der Waals surface area contributed by atoms with Gasteiger partial charge in [-0.1, -0.05) is 36.4 Å². The number of carbonyl (C=O) groups is 3. The lowest BCUT2D eigenvalue weighted by Crippen LogP contribution is -2.43. The van der Waals surface area contributed by atoms with Gasteiger partial charge in [0, 0.05) is 0 Å². The van der Waals surface area contributed by atoms with Crippen molar-refractivity contribution in [3.63, 3.8) is 0 Å². The van der Waals surface area contributed by atoms with Crippen molar-refractivity contribution in [2.45, 2.75) is 51.1 Å². The first-order chi connectivity index (χ1) is 17.3. The lowest BCUT2D eigenvalue weighted by Gasteiger charge is -2.23. The minimum Gasteiger partial charge on any atom is -0.497 e. The molecule has 3 aromatic carbocycles. The zero-order chi connectivity index (χ0) is 25.4. The van der Waals surface area contributed by atoms with E-state index in [0.29, 0.717) is 5.56 Å². The van der Waals surface area contributed by atoms with Crippen LogP contribution in [0.1, 0.15) is 55.0 Å². The second-order valence-corrected chi connectivity index (χ2v) is 9.90. The Morgan fingerprint density at radius 1 is 1.03 bits per heavy atom. The third kappa shape index (κ3) is 4.30. The van der Waals surface area contributed by atoms with Gasteiger partial charge in [-0.2, -0.15) is 0 Å². The number of carbonyl (C=O) groups excluding carboxylic acids is 3. The van der Waals surface area contributed by atoms with Crippen LogP contribution in [0.15, 0.2) is 54.6 Å². The molecule has 7 nitrogen and oxygen atoms in total. The minimum atomic E-state index is -1.25. The summed E-state index contributed by atoms with van der Waals surface area (Å²) in [6.45, 7) is 3.26. The number of benzene rings is 3. The van der Waals surface area contributed by atoms with Crippen LogP contribution >= 0.6 is 0 Å². The van der Waals surface area contributed by atoms with Crippen molar-refractivity contribution in [2.75, 3.05) is 13.7 Å². The summed E-state index contributed by atoms with van der Waals surface area (Å²) in [5.41, 5.74) is 3.16. The van der Waals surface area contributed by atoms with Gasteiger partial charge in [0.1, 0.15) is 17.8 Å². The van der Waals surface area contributed by atoms with Crippen molar-refractivity contribution in [3.8, 4) is 5.75 Å². The first-order valence-corrected chi connectivity index (χ1v) is 12.4. The topological polar surface area (TPSA) is 87.7 Å². The fraction of sp³-hybridized carbons (Fsp3) is 0.345. The Labute approximate surface area is 210 Å². The standard InChI is InChI=1S/C29H31N3O4/c1-18(20-9-8-19-6-4-5-7-21(19)14-20)30-26(33)17-32-27(34)29(2,31-28(32)35)24-12-10-23-16-25(36-3)13-11-22(23)15-24/h8-16,18H,4-7,17H2,1-3H3,(H,30,33)(H,31,35)/t18-,29+/m1/s1. The molecule has 0 saturated carbocycles. The largest absolute Gasteiger partial charge is 0.497 e. The maximum atomic E-state index is 13.4. The Kier molecular flexibility index (Phi) is 6.16. The molecular weight excluding hydrogens is 454 g/mol. The van der Waals surface area contributed by atoms with Crippen molar-refractivity contribution in [1.29, 1.82) is 0 Å². The average Bonchev–Trinajstić information content (AvgIpc) is 3.11. The van der Waals surface area contributed by atoms with E-state index in [1.54, 1.807) is 14.0 Å². The average molecular weight is 486 g/mol. The molecular formula is C29H31N3O4. The fourth-order valence-corrected chi connectivity index (χ4v) is 5.23. The van der Waals surface area contributed by atoms with Gasteiger partial charge in [-0.05, 0) is 90.8 Å². The zero-order valence-electron chi connectivity index (χ0n) is 20.9. The van der Waals surface area contributed by atoms with Gasteiger partial charge in [-0.3, -0.25) is 14.5 Å². The molecule has 7 heteroatoms. The molecule has 0 radical (unpaired) electrons. The van der Waals surface area contributed by atoms with Crippen LogP contribution in [0.2, 0.25) is 0 Å². The Hall–Kier alpha value is -3.87. The number of imide groups is 1. The molecule has 5 rings (SSSR count). The van der Waals surface area contributed by atoms with Gasteiger partial charge in [0.15, 0.2) is 0 Å². The molecule has 2 N–H and O–H groups in total. The second kappa shape index (κ2) is 9.30. The van der Waals surface area contributed by atoms with Crippen LogP contribution in [0, 0.1) is 0 Å². The van der Waals surface area contributed by atoms with Crippen LogP contribution in [0.4, 0.5) is 4.79 Å². The Bertz CT molecular complexity index is 1370. The molecule has 2 aliphatic rings. The highest BCUT2D eigenvalue weighted by molar-refractivity contribution is 6.09. The van der Waals surface area contributed by atoms with Crippen LogP contribution in [0.25, 0.3) is 10.8 Å². The fourth-order valence-electron chi connectivity index (χ4n) is 5.23. The summed E-state index contributed by atoms with van der Waals surface area (Å²) < 4.78 is 5.28. The van der Waals surface area contributed by atoms with E-state index in [2.05, 4.69) is 28.8 Å². The number of ether oxygens (including phenoxy) is 1. The Balaban J connectivity index is 1.29. The third-order valence-corrected chi connectivity index (χ3v) is 7.45. The van der Waals surface area contributed by atoms with Gasteiger partial charge in [0.2, 0.25) is 5.91 Å². The number of aryl methyl sites for hydroxylation is 2. The molecule has 186 valence electrons. The zero-order valence-corrected chi connectivity index (χ0v) is 20.9. The first kappa shape index (κ1) is 23.9. The van der Waals surface area contributed by atoms with E-state index >= 15 is 0 Å². The number of hydrogen-bond donors (Lipinski definition) is 2. The van der Waals surface area contributed by atoms with E-state index in [0.717, 1.165) is 39.8 Å². The number of methoxy groups -OCH3 is 1. The summed E-state index contributed by atoms with van der Waals surface area (Å²) in [5.74, 6) is -0.0796. The number of fused-ring (bicyclic) bond motifs is 2. The molecule has 0 aromatic heterocycles. The van der Waals surface area contributed by atoms with E-state index in [4.69, 9.17) is 4.74 Å². The van der Waals surface area contributed by atoms with Gasteiger partial charge in [0.25, 0.3) is 5.91 Å². The lowest BCUT2D eigenvalue weighted by atomic mass is 9.89. The molecule has 1 heterocycles. The van der Waals surface area contributed by atoms with Crippen molar-refractivity contribution < 1.29 is 19.1 Å². The second-order valence-electron chi connectivity index (χ2n) is 9.90. The predicted octanol–water partition coefficient (Wildman–Crippen LogP) is 4.37. The van der Waals surface area contributed by atoms with Crippen LogP contribution in [-0.4, -0.2) is 36.4 Å². The van der Waals surface area contributed by atoms with E-state index in [1.165, 1.54) is 24.0 Å². The van der Waals surface area contributed by atoms with E-state index < -0.39 is 17.5 Å². The minimum absolute atomic E-state index is 0.227. The normalized spacial score (nSPS) is 20.1. The van der Waals surface area contributed by atoms with Gasteiger partial charge in [0.05, 0.1) is 13.2 Å². The molecule has 3 aromatic rings. The number of hydrogen-bond acceptors (Lipinski definition) is 4. The predicted molar refractivity (Wildman–Crippen MR) is 138 cm³/mol. The summed E-state index contributed by atoms with van der Waals surface area (Å²) in [7, 11) is 1.61. The van der Waals surface area contributed by atoms with Crippen LogP contribution in [0.3, 0.4) is 0 Å². The van der Waals surface area contributed by atoms with Gasteiger partial charge in [-0.25, -0.2) is 4.79 Å². The first-order valence-electron chi connectivity index (χ1n) is 12.4. The molecule has 0 bridgehead atoms. The molecule has 1 aliphatic heterocycles. The van der Waals surface area contributed by atoms with Gasteiger partial charge < -0.3 is 15.4 Å². The van der Waals surface area contributed by atoms with Gasteiger partial charge >= 0.3 is 6.03 Å². The third-order valence-electron chi connectivity index (χ3n) is 7.45. The highest BCUT2D eigenvalue weighted by Crippen LogP contribution is 2.32. The molecule has 36 heavy (non-hydrogen) atoms. The van der Waals surface area contributed by atoms with E-state index in [-0.39, 0.29) is 18.5 Å². The molecule has 1 saturated heterocycles. The monoisotopic (exact) mass is 485 g/mol. The highest BCUT2D eigenvalue weighted by Gasteiger charge is 2.49. The summed E-state index contributed by atoms with van der Waals surface area (Å²) in [6, 6.07) is 16.8. The lowest BCUT2D eigenvalue weighted by molar-refractivity contribution is -0.135. The molecule has 4 amide bonds. The van der Waals surface area contributed by atoms with Crippen LogP contribution < -0.4 is 15.4 Å².